The number of anilines is 1. The number of hydrogen-bond donors (Lipinski definition) is 1. The Morgan fingerprint density at radius 1 is 1.19 bits per heavy atom. The largest absolute Gasteiger partial charge is 0.353 e. The molecule has 7 nitrogen and oxygen atoms in total. The molecule has 0 radical (unpaired) electrons. The lowest BCUT2D eigenvalue weighted by molar-refractivity contribution is -0.135. The van der Waals surface area contributed by atoms with Gasteiger partial charge in [0, 0.05) is 44.2 Å². The molecular weight excluding hydrogens is 434 g/mol. The average Bonchev–Trinajstić information content (AvgIpc) is 3.61. The van der Waals surface area contributed by atoms with Crippen molar-refractivity contribution in [2.45, 2.75) is 37.5 Å². The lowest BCUT2D eigenvalue weighted by Crippen LogP contribution is -2.54. The fourth-order valence-corrected chi connectivity index (χ4v) is 4.56. The summed E-state index contributed by atoms with van der Waals surface area (Å²) >= 11 is 7.50. The Morgan fingerprint density at radius 2 is 1.97 bits per heavy atom. The topological polar surface area (TPSA) is 78.4 Å². The van der Waals surface area contributed by atoms with Crippen LogP contribution in [0.5, 0.6) is 0 Å². The number of nitrogens with one attached hydrogen (secondary N) is 1. The molecule has 0 bridgehead atoms. The first-order chi connectivity index (χ1) is 15.0. The number of piperazine rings is 1. The van der Waals surface area contributed by atoms with E-state index in [2.05, 4.69) is 27.1 Å². The molecule has 1 saturated carbocycles. The first kappa shape index (κ1) is 21.9. The highest BCUT2D eigenvalue weighted by molar-refractivity contribution is 7.99. The zero-order valence-corrected chi connectivity index (χ0v) is 19.0. The predicted molar refractivity (Wildman–Crippen MR) is 122 cm³/mol. The molecule has 164 valence electrons. The van der Waals surface area contributed by atoms with Crippen LogP contribution >= 0.6 is 23.4 Å². The Labute approximate surface area is 191 Å². The van der Waals surface area contributed by atoms with Crippen LogP contribution in [-0.4, -0.2) is 58.1 Å². The molecule has 2 aromatic rings. The molecule has 1 N–H and O–H groups in total. The highest BCUT2D eigenvalue weighted by Crippen LogP contribution is 2.32. The molecule has 0 spiro atoms. The van der Waals surface area contributed by atoms with Crippen molar-refractivity contribution in [3.05, 3.63) is 47.1 Å². The van der Waals surface area contributed by atoms with Gasteiger partial charge in [-0.2, -0.15) is 0 Å². The minimum Gasteiger partial charge on any atom is -0.353 e. The van der Waals surface area contributed by atoms with Gasteiger partial charge in [-0.1, -0.05) is 53.7 Å². The van der Waals surface area contributed by atoms with Crippen LogP contribution in [0.15, 0.2) is 41.6 Å². The standard InChI is InChI=1S/C22H26ClN5O2S/c1-15-13-27(9-10-28(15)21(30)17-7-8-17)19-11-18(23)25-22(26-19)31-14-20(29)24-12-16-5-3-2-4-6-16/h2-6,11,15,17H,7-10,12-14H2,1H3,(H,24,29). The Bertz CT molecular complexity index is 941. The zero-order valence-electron chi connectivity index (χ0n) is 17.5. The number of carbonyl (C=O) groups excluding carboxylic acids is 2. The van der Waals surface area contributed by atoms with E-state index < -0.39 is 0 Å². The van der Waals surface area contributed by atoms with Crippen LogP contribution in [0.4, 0.5) is 5.82 Å². The lowest BCUT2D eigenvalue weighted by Gasteiger charge is -2.40. The molecule has 1 aromatic carbocycles. The molecule has 2 fully saturated rings. The van der Waals surface area contributed by atoms with Crippen molar-refractivity contribution in [2.24, 2.45) is 5.92 Å². The number of rotatable bonds is 7. The van der Waals surface area contributed by atoms with Crippen molar-refractivity contribution in [2.75, 3.05) is 30.3 Å². The summed E-state index contributed by atoms with van der Waals surface area (Å²) in [7, 11) is 0. The number of nitrogens with zero attached hydrogens (tertiary/aromatic N) is 4. The van der Waals surface area contributed by atoms with Gasteiger partial charge in [0.25, 0.3) is 0 Å². The second-order valence-corrected chi connectivity index (χ2v) is 9.31. The summed E-state index contributed by atoms with van der Waals surface area (Å²) in [4.78, 5) is 37.6. The normalized spacial score (nSPS) is 18.7. The van der Waals surface area contributed by atoms with E-state index in [9.17, 15) is 9.59 Å². The number of benzene rings is 1. The van der Waals surface area contributed by atoms with Gasteiger partial charge in [0.1, 0.15) is 11.0 Å². The summed E-state index contributed by atoms with van der Waals surface area (Å²) in [5.74, 6) is 1.38. The average molecular weight is 460 g/mol. The molecule has 2 aliphatic rings. The predicted octanol–water partition coefficient (Wildman–Crippen LogP) is 2.99. The molecule has 1 saturated heterocycles. The van der Waals surface area contributed by atoms with Crippen LogP contribution < -0.4 is 10.2 Å². The monoisotopic (exact) mass is 459 g/mol. The zero-order chi connectivity index (χ0) is 21.8. The van der Waals surface area contributed by atoms with Gasteiger partial charge in [-0.15, -0.1) is 0 Å². The van der Waals surface area contributed by atoms with Crippen molar-refractivity contribution in [1.29, 1.82) is 0 Å². The number of amides is 2. The second-order valence-electron chi connectivity index (χ2n) is 7.98. The maximum absolute atomic E-state index is 12.4. The van der Waals surface area contributed by atoms with Crippen molar-refractivity contribution >= 4 is 41.0 Å². The van der Waals surface area contributed by atoms with Crippen molar-refractivity contribution in [3.63, 3.8) is 0 Å². The smallest absolute Gasteiger partial charge is 0.230 e. The van der Waals surface area contributed by atoms with Gasteiger partial charge in [0.05, 0.1) is 5.75 Å². The maximum Gasteiger partial charge on any atom is 0.230 e. The quantitative estimate of drug-likeness (QED) is 0.389. The van der Waals surface area contributed by atoms with Gasteiger partial charge in [-0.3, -0.25) is 9.59 Å². The minimum absolute atomic E-state index is 0.0835. The van der Waals surface area contributed by atoms with Gasteiger partial charge in [0.15, 0.2) is 5.16 Å². The number of thioether (sulfide) groups is 1. The molecule has 1 aliphatic carbocycles. The molecule has 2 heterocycles. The van der Waals surface area contributed by atoms with E-state index in [0.717, 1.165) is 24.2 Å². The molecule has 1 unspecified atom stereocenters. The third-order valence-electron chi connectivity index (χ3n) is 5.49. The molecule has 4 rings (SSSR count). The highest BCUT2D eigenvalue weighted by atomic mass is 35.5. The minimum atomic E-state index is -0.0835. The highest BCUT2D eigenvalue weighted by Gasteiger charge is 2.37. The first-order valence-electron chi connectivity index (χ1n) is 10.5. The molecule has 9 heteroatoms. The van der Waals surface area contributed by atoms with Crippen LogP contribution in [0, 0.1) is 5.92 Å². The molecule has 1 atom stereocenters. The Balaban J connectivity index is 1.32. The molecule has 1 aromatic heterocycles. The summed E-state index contributed by atoms with van der Waals surface area (Å²) in [5, 5.41) is 3.72. The van der Waals surface area contributed by atoms with E-state index in [-0.39, 0.29) is 29.5 Å². The van der Waals surface area contributed by atoms with Gasteiger partial charge < -0.3 is 15.1 Å². The summed E-state index contributed by atoms with van der Waals surface area (Å²) in [6.45, 7) is 4.65. The second kappa shape index (κ2) is 9.87. The SMILES string of the molecule is CC1CN(c2cc(Cl)nc(SCC(=O)NCc3ccccc3)n2)CCN1C(=O)C1CC1. The third-order valence-corrected chi connectivity index (χ3v) is 6.53. The summed E-state index contributed by atoms with van der Waals surface area (Å²) in [6, 6.07) is 11.6. The van der Waals surface area contributed by atoms with Crippen molar-refractivity contribution < 1.29 is 9.59 Å². The number of hydrogen-bond acceptors (Lipinski definition) is 6. The number of aromatic nitrogens is 2. The van der Waals surface area contributed by atoms with Gasteiger partial charge in [0.2, 0.25) is 11.8 Å². The first-order valence-corrected chi connectivity index (χ1v) is 11.9. The number of halogens is 1. The lowest BCUT2D eigenvalue weighted by atomic mass is 10.1. The van der Waals surface area contributed by atoms with Crippen LogP contribution in [-0.2, 0) is 16.1 Å². The molecule has 2 amide bonds. The maximum atomic E-state index is 12.4. The van der Waals surface area contributed by atoms with Gasteiger partial charge in [-0.05, 0) is 25.3 Å². The van der Waals surface area contributed by atoms with Crippen LogP contribution in [0.1, 0.15) is 25.3 Å². The van der Waals surface area contributed by atoms with Crippen molar-refractivity contribution in [1.82, 2.24) is 20.2 Å². The Morgan fingerprint density at radius 3 is 2.68 bits per heavy atom. The summed E-state index contributed by atoms with van der Waals surface area (Å²) < 4.78 is 0. The molecular formula is C22H26ClN5O2S. The van der Waals surface area contributed by atoms with E-state index in [1.54, 1.807) is 6.07 Å². The van der Waals surface area contributed by atoms with Crippen LogP contribution in [0.2, 0.25) is 5.15 Å². The number of carbonyl (C=O) groups is 2. The van der Waals surface area contributed by atoms with Crippen molar-refractivity contribution in [3.8, 4) is 0 Å². The third kappa shape index (κ3) is 5.89. The van der Waals surface area contributed by atoms with Gasteiger partial charge >= 0.3 is 0 Å². The Kier molecular flexibility index (Phi) is 6.97. The fourth-order valence-electron chi connectivity index (χ4n) is 3.65. The molecule has 31 heavy (non-hydrogen) atoms. The van der Waals surface area contributed by atoms with E-state index in [0.29, 0.717) is 36.5 Å². The molecule has 1 aliphatic heterocycles. The van der Waals surface area contributed by atoms with Gasteiger partial charge in [-0.25, -0.2) is 9.97 Å². The van der Waals surface area contributed by atoms with Crippen LogP contribution in [0.25, 0.3) is 0 Å². The Hall–Kier alpha value is -2.32. The summed E-state index contributed by atoms with van der Waals surface area (Å²) in [5.41, 5.74) is 1.05. The fraction of sp³-hybridized carbons (Fsp3) is 0.455. The van der Waals surface area contributed by atoms with E-state index in [1.165, 1.54) is 11.8 Å². The van der Waals surface area contributed by atoms with E-state index in [1.807, 2.05) is 35.2 Å². The van der Waals surface area contributed by atoms with E-state index >= 15 is 0 Å². The van der Waals surface area contributed by atoms with Crippen LogP contribution in [0.3, 0.4) is 0 Å². The van der Waals surface area contributed by atoms with E-state index in [4.69, 9.17) is 11.6 Å². The summed E-state index contributed by atoms with van der Waals surface area (Å²) in [6.07, 6.45) is 2.04.